The summed E-state index contributed by atoms with van der Waals surface area (Å²) in [5.41, 5.74) is 9.47. The van der Waals surface area contributed by atoms with Crippen molar-refractivity contribution in [1.82, 2.24) is 4.90 Å². The smallest absolute Gasteiger partial charge is 0.411 e. The Morgan fingerprint density at radius 1 is 0.838 bits per heavy atom. The molecule has 37 heavy (non-hydrogen) atoms. The quantitative estimate of drug-likeness (QED) is 0.346. The highest BCUT2D eigenvalue weighted by atomic mass is 16.5. The topological polar surface area (TPSA) is 124 Å². The SMILES string of the molecule is COc1cc(-c2ccc(N)c(NC(=O)c3ccc(NC(=O)OCCN(C)C)cc3)c2)cc(OC)c1OC. The zero-order chi connectivity index (χ0) is 26.9. The highest BCUT2D eigenvalue weighted by Gasteiger charge is 2.16. The number of ether oxygens (including phenoxy) is 4. The van der Waals surface area contributed by atoms with Crippen molar-refractivity contribution in [3.05, 3.63) is 60.2 Å². The monoisotopic (exact) mass is 508 g/mol. The molecular formula is C27H32N4O6. The molecular weight excluding hydrogens is 476 g/mol. The van der Waals surface area contributed by atoms with Gasteiger partial charge in [-0.25, -0.2) is 4.79 Å². The van der Waals surface area contributed by atoms with E-state index in [1.165, 1.54) is 7.11 Å². The Morgan fingerprint density at radius 3 is 2.05 bits per heavy atom. The first-order valence-corrected chi connectivity index (χ1v) is 11.5. The predicted octanol–water partition coefficient (Wildman–Crippen LogP) is 4.32. The maximum atomic E-state index is 12.9. The Morgan fingerprint density at radius 2 is 1.49 bits per heavy atom. The summed E-state index contributed by atoms with van der Waals surface area (Å²) in [6.45, 7) is 0.895. The lowest BCUT2D eigenvalue weighted by Crippen LogP contribution is -2.22. The molecule has 0 radical (unpaired) electrons. The molecule has 0 fully saturated rings. The number of nitrogens with zero attached hydrogens (tertiary/aromatic N) is 1. The Hall–Kier alpha value is -4.44. The number of benzene rings is 3. The Balaban J connectivity index is 1.74. The average molecular weight is 509 g/mol. The first-order valence-electron chi connectivity index (χ1n) is 11.5. The van der Waals surface area contributed by atoms with Crippen molar-refractivity contribution in [1.29, 1.82) is 0 Å². The van der Waals surface area contributed by atoms with Crippen LogP contribution in [0.25, 0.3) is 11.1 Å². The molecule has 3 rings (SSSR count). The summed E-state index contributed by atoms with van der Waals surface area (Å²) >= 11 is 0. The van der Waals surface area contributed by atoms with E-state index in [1.807, 2.05) is 37.2 Å². The molecule has 0 aromatic heterocycles. The lowest BCUT2D eigenvalue weighted by Gasteiger charge is -2.15. The Bertz CT molecular complexity index is 1220. The third kappa shape index (κ3) is 7.05. The fourth-order valence-electron chi connectivity index (χ4n) is 3.47. The van der Waals surface area contributed by atoms with E-state index in [4.69, 9.17) is 24.7 Å². The van der Waals surface area contributed by atoms with Gasteiger partial charge in [0.25, 0.3) is 5.91 Å². The number of nitrogen functional groups attached to an aromatic ring is 1. The first-order chi connectivity index (χ1) is 17.7. The molecule has 0 saturated heterocycles. The number of carbonyl (C=O) groups excluding carboxylic acids is 2. The van der Waals surface area contributed by atoms with Crippen LogP contribution < -0.4 is 30.6 Å². The number of anilines is 3. The molecule has 0 bridgehead atoms. The molecule has 10 nitrogen and oxygen atoms in total. The third-order valence-electron chi connectivity index (χ3n) is 5.46. The van der Waals surface area contributed by atoms with Gasteiger partial charge >= 0.3 is 6.09 Å². The van der Waals surface area contributed by atoms with Crippen LogP contribution in [0.1, 0.15) is 10.4 Å². The van der Waals surface area contributed by atoms with Gasteiger partial charge in [-0.2, -0.15) is 0 Å². The fraction of sp³-hybridized carbons (Fsp3) is 0.259. The Labute approximate surface area is 216 Å². The largest absolute Gasteiger partial charge is 0.493 e. The zero-order valence-electron chi connectivity index (χ0n) is 21.6. The molecule has 0 unspecified atom stereocenters. The van der Waals surface area contributed by atoms with Gasteiger partial charge in [0.05, 0.1) is 32.7 Å². The van der Waals surface area contributed by atoms with Crippen LogP contribution >= 0.6 is 0 Å². The van der Waals surface area contributed by atoms with Crippen molar-refractivity contribution in [3.63, 3.8) is 0 Å². The van der Waals surface area contributed by atoms with Crippen molar-refractivity contribution in [3.8, 4) is 28.4 Å². The lowest BCUT2D eigenvalue weighted by molar-refractivity contribution is 0.102. The summed E-state index contributed by atoms with van der Waals surface area (Å²) in [7, 11) is 8.41. The Kier molecular flexibility index (Phi) is 9.17. The van der Waals surface area contributed by atoms with Crippen molar-refractivity contribution in [2.75, 3.05) is 64.9 Å². The van der Waals surface area contributed by atoms with Crippen LogP contribution in [0.15, 0.2) is 54.6 Å². The number of likely N-dealkylation sites (N-methyl/N-ethyl adjacent to an activating group) is 1. The van der Waals surface area contributed by atoms with Gasteiger partial charge in [0.1, 0.15) is 6.61 Å². The van der Waals surface area contributed by atoms with Crippen LogP contribution in [0.3, 0.4) is 0 Å². The van der Waals surface area contributed by atoms with E-state index in [0.717, 1.165) is 11.1 Å². The molecule has 0 heterocycles. The molecule has 0 aliphatic carbocycles. The molecule has 3 aromatic rings. The minimum absolute atomic E-state index is 0.274. The number of nitrogens with two attached hydrogens (primary N) is 1. The van der Waals surface area contributed by atoms with Gasteiger partial charge in [-0.15, -0.1) is 0 Å². The number of carbonyl (C=O) groups is 2. The lowest BCUT2D eigenvalue weighted by atomic mass is 10.0. The number of hydrogen-bond acceptors (Lipinski definition) is 8. The third-order valence-corrected chi connectivity index (χ3v) is 5.46. The number of nitrogens with one attached hydrogen (secondary N) is 2. The van der Waals surface area contributed by atoms with Crippen LogP contribution in [-0.4, -0.2) is 65.5 Å². The summed E-state index contributed by atoms with van der Waals surface area (Å²) in [5, 5.41) is 5.48. The van der Waals surface area contributed by atoms with Gasteiger partial charge < -0.3 is 34.9 Å². The minimum Gasteiger partial charge on any atom is -0.493 e. The predicted molar refractivity (Wildman–Crippen MR) is 144 cm³/mol. The van der Waals surface area contributed by atoms with Gasteiger partial charge in [-0.3, -0.25) is 10.1 Å². The van der Waals surface area contributed by atoms with Crippen LogP contribution in [0.4, 0.5) is 21.9 Å². The maximum Gasteiger partial charge on any atom is 0.411 e. The minimum atomic E-state index is -0.560. The van der Waals surface area contributed by atoms with E-state index in [2.05, 4.69) is 10.6 Å². The van der Waals surface area contributed by atoms with Crippen LogP contribution in [0, 0.1) is 0 Å². The molecule has 10 heteroatoms. The molecule has 196 valence electrons. The second-order valence-corrected chi connectivity index (χ2v) is 8.31. The zero-order valence-corrected chi connectivity index (χ0v) is 21.6. The first kappa shape index (κ1) is 27.2. The summed E-state index contributed by atoms with van der Waals surface area (Å²) in [6.07, 6.45) is -0.560. The number of hydrogen-bond donors (Lipinski definition) is 3. The second-order valence-electron chi connectivity index (χ2n) is 8.31. The molecule has 4 N–H and O–H groups in total. The molecule has 0 aliphatic rings. The van der Waals surface area contributed by atoms with E-state index < -0.39 is 6.09 Å². The highest BCUT2D eigenvalue weighted by molar-refractivity contribution is 6.06. The summed E-state index contributed by atoms with van der Waals surface area (Å²) in [4.78, 5) is 26.7. The normalized spacial score (nSPS) is 10.5. The van der Waals surface area contributed by atoms with Crippen molar-refractivity contribution in [2.24, 2.45) is 0 Å². The highest BCUT2D eigenvalue weighted by Crippen LogP contribution is 2.42. The van der Waals surface area contributed by atoms with Crippen molar-refractivity contribution < 1.29 is 28.5 Å². The average Bonchev–Trinajstić information content (AvgIpc) is 2.89. The van der Waals surface area contributed by atoms with Crippen LogP contribution in [0.2, 0.25) is 0 Å². The van der Waals surface area contributed by atoms with Gasteiger partial charge in [0.2, 0.25) is 5.75 Å². The second kappa shape index (κ2) is 12.5. The van der Waals surface area contributed by atoms with Crippen LogP contribution in [0.5, 0.6) is 17.2 Å². The van der Waals surface area contributed by atoms with E-state index in [1.54, 1.807) is 50.6 Å². The summed E-state index contributed by atoms with van der Waals surface area (Å²) < 4.78 is 21.4. The maximum absolute atomic E-state index is 12.9. The van der Waals surface area contributed by atoms with E-state index in [-0.39, 0.29) is 12.5 Å². The van der Waals surface area contributed by atoms with E-state index in [9.17, 15) is 9.59 Å². The van der Waals surface area contributed by atoms with Gasteiger partial charge in [-0.05, 0) is 73.8 Å². The van der Waals surface area contributed by atoms with Gasteiger partial charge in [0.15, 0.2) is 11.5 Å². The molecule has 0 saturated carbocycles. The van der Waals surface area contributed by atoms with Gasteiger partial charge in [0, 0.05) is 17.8 Å². The van der Waals surface area contributed by atoms with Gasteiger partial charge in [-0.1, -0.05) is 6.07 Å². The number of rotatable bonds is 10. The standard InChI is InChI=1S/C27H32N4O6/c1-31(2)12-13-37-27(33)29-20-9-6-17(7-10-20)26(32)30-22-14-18(8-11-21(22)28)19-15-23(34-3)25(36-5)24(16-19)35-4/h6-11,14-16H,12-13,28H2,1-5H3,(H,29,33)(H,30,32). The summed E-state index contributed by atoms with van der Waals surface area (Å²) in [5.74, 6) is 1.15. The van der Waals surface area contributed by atoms with Crippen molar-refractivity contribution >= 4 is 29.1 Å². The van der Waals surface area contributed by atoms with Crippen LogP contribution in [-0.2, 0) is 4.74 Å². The van der Waals surface area contributed by atoms with Crippen molar-refractivity contribution in [2.45, 2.75) is 0 Å². The molecule has 2 amide bonds. The fourth-order valence-corrected chi connectivity index (χ4v) is 3.47. The molecule has 0 atom stereocenters. The molecule has 3 aromatic carbocycles. The molecule has 0 spiro atoms. The number of amides is 2. The summed E-state index contributed by atoms with van der Waals surface area (Å²) in [6, 6.07) is 15.4. The van der Waals surface area contributed by atoms with E-state index >= 15 is 0 Å². The number of methoxy groups -OCH3 is 3. The molecule has 0 aliphatic heterocycles. The van der Waals surface area contributed by atoms with E-state index in [0.29, 0.717) is 46.4 Å².